The fourth-order valence-electron chi connectivity index (χ4n) is 2.86. The number of halogens is 1. The number of nitrogens with zero attached hydrogens (tertiary/aromatic N) is 1. The molecule has 2 heterocycles. The van der Waals surface area contributed by atoms with Crippen molar-refractivity contribution in [2.45, 2.75) is 6.42 Å². The summed E-state index contributed by atoms with van der Waals surface area (Å²) in [5.41, 5.74) is 7.96. The van der Waals surface area contributed by atoms with Crippen LogP contribution >= 0.6 is 0 Å². The minimum absolute atomic E-state index is 0.195. The molecule has 122 valence electrons. The highest BCUT2D eigenvalue weighted by atomic mass is 19.1. The van der Waals surface area contributed by atoms with Gasteiger partial charge in [0.15, 0.2) is 11.5 Å². The molecule has 2 N–H and O–H groups in total. The lowest BCUT2D eigenvalue weighted by Gasteiger charge is -2.12. The van der Waals surface area contributed by atoms with E-state index >= 15 is 0 Å². The van der Waals surface area contributed by atoms with E-state index in [9.17, 15) is 4.39 Å². The number of pyridine rings is 1. The third-order valence-electron chi connectivity index (χ3n) is 4.08. The molecule has 0 spiro atoms. The smallest absolute Gasteiger partial charge is 0.231 e. The number of nitrogen functional groups attached to an aromatic ring is 1. The molecule has 0 saturated heterocycles. The molecule has 0 amide bonds. The van der Waals surface area contributed by atoms with Gasteiger partial charge >= 0.3 is 0 Å². The van der Waals surface area contributed by atoms with E-state index < -0.39 is 0 Å². The Labute approximate surface area is 137 Å². The largest absolute Gasteiger partial charge is 0.496 e. The van der Waals surface area contributed by atoms with Gasteiger partial charge in [-0.15, -0.1) is 0 Å². The number of anilines is 1. The van der Waals surface area contributed by atoms with Crippen molar-refractivity contribution in [1.82, 2.24) is 4.98 Å². The molecule has 4 rings (SSSR count). The Morgan fingerprint density at radius 3 is 2.79 bits per heavy atom. The molecule has 1 aliphatic heterocycles. The van der Waals surface area contributed by atoms with Gasteiger partial charge in [-0.2, -0.15) is 0 Å². The van der Waals surface area contributed by atoms with Gasteiger partial charge in [-0.05, 0) is 29.8 Å². The molecule has 24 heavy (non-hydrogen) atoms. The molecule has 5 nitrogen and oxygen atoms in total. The van der Waals surface area contributed by atoms with E-state index in [1.807, 2.05) is 12.1 Å². The summed E-state index contributed by atoms with van der Waals surface area (Å²) in [6.07, 6.45) is 0.291. The van der Waals surface area contributed by atoms with Crippen LogP contribution < -0.4 is 19.9 Å². The van der Waals surface area contributed by atoms with Crippen molar-refractivity contribution in [1.29, 1.82) is 0 Å². The topological polar surface area (TPSA) is 66.6 Å². The van der Waals surface area contributed by atoms with Crippen LogP contribution in [0, 0.1) is 5.82 Å². The van der Waals surface area contributed by atoms with Gasteiger partial charge in [0.05, 0.1) is 12.6 Å². The number of aromatic nitrogens is 1. The molecular formula is C18H15FN2O3. The minimum atomic E-state index is -0.334. The Bertz CT molecular complexity index is 943. The molecular weight excluding hydrogens is 311 g/mol. The zero-order chi connectivity index (χ0) is 16.7. The second kappa shape index (κ2) is 5.56. The normalized spacial score (nSPS) is 12.6. The summed E-state index contributed by atoms with van der Waals surface area (Å²) in [6.45, 7) is 0.195. The predicted molar refractivity (Wildman–Crippen MR) is 88.0 cm³/mol. The maximum Gasteiger partial charge on any atom is 0.231 e. The Hall–Kier alpha value is -3.02. The quantitative estimate of drug-likeness (QED) is 0.800. The van der Waals surface area contributed by atoms with Gasteiger partial charge in [0, 0.05) is 23.4 Å². The number of ether oxygens (including phenoxy) is 3. The molecule has 3 aromatic rings. The van der Waals surface area contributed by atoms with Crippen LogP contribution in [0.15, 0.2) is 36.4 Å². The van der Waals surface area contributed by atoms with Crippen LogP contribution in [0.25, 0.3) is 10.9 Å². The summed E-state index contributed by atoms with van der Waals surface area (Å²) in [7, 11) is 1.51. The van der Waals surface area contributed by atoms with Crippen molar-refractivity contribution < 1.29 is 18.6 Å². The zero-order valence-electron chi connectivity index (χ0n) is 13.0. The molecule has 0 unspecified atom stereocenters. The minimum Gasteiger partial charge on any atom is -0.496 e. The van der Waals surface area contributed by atoms with Crippen LogP contribution in [-0.4, -0.2) is 18.9 Å². The van der Waals surface area contributed by atoms with E-state index in [1.54, 1.807) is 18.2 Å². The van der Waals surface area contributed by atoms with Gasteiger partial charge in [0.2, 0.25) is 6.79 Å². The monoisotopic (exact) mass is 326 g/mol. The fraction of sp³-hybridized carbons (Fsp3) is 0.167. The van der Waals surface area contributed by atoms with Gasteiger partial charge in [0.25, 0.3) is 0 Å². The molecule has 2 aromatic carbocycles. The van der Waals surface area contributed by atoms with Crippen molar-refractivity contribution in [3.63, 3.8) is 0 Å². The number of rotatable bonds is 3. The van der Waals surface area contributed by atoms with Crippen LogP contribution in [0.2, 0.25) is 0 Å². The average Bonchev–Trinajstić information content (AvgIpc) is 3.02. The lowest BCUT2D eigenvalue weighted by molar-refractivity contribution is 0.174. The van der Waals surface area contributed by atoms with Crippen LogP contribution in [0.3, 0.4) is 0 Å². The summed E-state index contributed by atoms with van der Waals surface area (Å²) >= 11 is 0. The van der Waals surface area contributed by atoms with Gasteiger partial charge in [-0.25, -0.2) is 9.37 Å². The second-order valence-electron chi connectivity index (χ2n) is 5.53. The third kappa shape index (κ3) is 2.36. The third-order valence-corrected chi connectivity index (χ3v) is 4.08. The van der Waals surface area contributed by atoms with E-state index in [0.717, 1.165) is 10.9 Å². The SMILES string of the molecule is COc1cccc(F)c1Cc1cc2cc3c(cc2nc1N)OCO3. The molecule has 0 bridgehead atoms. The first-order chi connectivity index (χ1) is 11.7. The number of hydrogen-bond donors (Lipinski definition) is 1. The van der Waals surface area contributed by atoms with E-state index in [2.05, 4.69) is 4.98 Å². The Balaban J connectivity index is 1.80. The lowest BCUT2D eigenvalue weighted by atomic mass is 10.0. The van der Waals surface area contributed by atoms with Crippen molar-refractivity contribution in [3.05, 3.63) is 53.3 Å². The summed E-state index contributed by atoms with van der Waals surface area (Å²) < 4.78 is 30.2. The highest BCUT2D eigenvalue weighted by Gasteiger charge is 2.17. The molecule has 0 aliphatic carbocycles. The molecule has 0 fully saturated rings. The fourth-order valence-corrected chi connectivity index (χ4v) is 2.86. The Morgan fingerprint density at radius 2 is 2.00 bits per heavy atom. The standard InChI is InChI=1S/C18H15FN2O3/c1-22-15-4-2-3-13(19)12(15)6-11-5-10-7-16-17(24-9-23-16)8-14(10)21-18(11)20/h2-5,7-8H,6,9H2,1H3,(H2,20,21). The van der Waals surface area contributed by atoms with Gasteiger partial charge in [-0.3, -0.25) is 0 Å². The number of nitrogens with two attached hydrogens (primary N) is 1. The van der Waals surface area contributed by atoms with Crippen molar-refractivity contribution in [3.8, 4) is 17.2 Å². The first kappa shape index (κ1) is 14.6. The van der Waals surface area contributed by atoms with Gasteiger partial charge in [-0.1, -0.05) is 6.07 Å². The molecule has 1 aliphatic rings. The van der Waals surface area contributed by atoms with Crippen LogP contribution in [-0.2, 0) is 6.42 Å². The molecule has 6 heteroatoms. The number of fused-ring (bicyclic) bond motifs is 2. The first-order valence-electron chi connectivity index (χ1n) is 7.46. The molecule has 0 saturated carbocycles. The molecule has 0 atom stereocenters. The van der Waals surface area contributed by atoms with Gasteiger partial charge in [0.1, 0.15) is 17.4 Å². The summed E-state index contributed by atoms with van der Waals surface area (Å²) in [4.78, 5) is 4.41. The molecule has 1 aromatic heterocycles. The zero-order valence-corrected chi connectivity index (χ0v) is 13.0. The number of hydrogen-bond acceptors (Lipinski definition) is 5. The predicted octanol–water partition coefficient (Wildman–Crippen LogP) is 3.28. The van der Waals surface area contributed by atoms with E-state index in [4.69, 9.17) is 19.9 Å². The lowest BCUT2D eigenvalue weighted by Crippen LogP contribution is -2.02. The summed E-state index contributed by atoms with van der Waals surface area (Å²) in [5, 5.41) is 0.860. The molecule has 0 radical (unpaired) electrons. The number of methoxy groups -OCH3 is 1. The van der Waals surface area contributed by atoms with E-state index in [1.165, 1.54) is 13.2 Å². The van der Waals surface area contributed by atoms with Crippen LogP contribution in [0.4, 0.5) is 10.2 Å². The van der Waals surface area contributed by atoms with Crippen LogP contribution in [0.5, 0.6) is 17.2 Å². The maximum atomic E-state index is 14.2. The van der Waals surface area contributed by atoms with Crippen LogP contribution in [0.1, 0.15) is 11.1 Å². The highest BCUT2D eigenvalue weighted by molar-refractivity contribution is 5.85. The Morgan fingerprint density at radius 1 is 1.21 bits per heavy atom. The average molecular weight is 326 g/mol. The van der Waals surface area contributed by atoms with Gasteiger partial charge < -0.3 is 19.9 Å². The van der Waals surface area contributed by atoms with Crippen molar-refractivity contribution in [2.24, 2.45) is 0 Å². The highest BCUT2D eigenvalue weighted by Crippen LogP contribution is 2.37. The first-order valence-corrected chi connectivity index (χ1v) is 7.46. The van der Waals surface area contributed by atoms with Crippen molar-refractivity contribution >= 4 is 16.7 Å². The summed E-state index contributed by atoms with van der Waals surface area (Å²) in [5.74, 6) is 1.83. The maximum absolute atomic E-state index is 14.2. The Kier molecular flexibility index (Phi) is 3.37. The second-order valence-corrected chi connectivity index (χ2v) is 5.53. The van der Waals surface area contributed by atoms with E-state index in [-0.39, 0.29) is 12.6 Å². The number of benzene rings is 2. The van der Waals surface area contributed by atoms with Crippen molar-refractivity contribution in [2.75, 3.05) is 19.6 Å². The van der Waals surface area contributed by atoms with E-state index in [0.29, 0.717) is 40.6 Å². The summed E-state index contributed by atoms with van der Waals surface area (Å²) in [6, 6.07) is 10.3.